The first-order valence-corrected chi connectivity index (χ1v) is 8.75. The second-order valence-corrected chi connectivity index (χ2v) is 5.50. The van der Waals surface area contributed by atoms with Gasteiger partial charge in [-0.1, -0.05) is 39.0 Å². The van der Waals surface area contributed by atoms with Gasteiger partial charge in [-0.25, -0.2) is 4.79 Å². The maximum absolute atomic E-state index is 11.5. The molecule has 136 valence electrons. The monoisotopic (exact) mass is 331 g/mol. The van der Waals surface area contributed by atoms with Gasteiger partial charge in [0.05, 0.1) is 13.2 Å². The Morgan fingerprint density at radius 1 is 0.826 bits per heavy atom. The van der Waals surface area contributed by atoms with E-state index in [4.69, 9.17) is 14.2 Å². The predicted molar refractivity (Wildman–Crippen MR) is 89.4 cm³/mol. The number of methoxy groups -OCH3 is 1. The fourth-order valence-electron chi connectivity index (χ4n) is 1.99. The first kappa shape index (κ1) is 21.7. The zero-order valence-electron chi connectivity index (χ0n) is 14.7. The Labute approximate surface area is 140 Å². The molecule has 0 aliphatic carbocycles. The van der Waals surface area contributed by atoms with Crippen LogP contribution in [0.4, 0.5) is 4.79 Å². The van der Waals surface area contributed by atoms with Gasteiger partial charge >= 0.3 is 12.1 Å². The van der Waals surface area contributed by atoms with E-state index in [-0.39, 0.29) is 12.6 Å². The molecule has 0 aromatic heterocycles. The van der Waals surface area contributed by atoms with Crippen LogP contribution in [0.5, 0.6) is 0 Å². The van der Waals surface area contributed by atoms with Gasteiger partial charge in [0.25, 0.3) is 0 Å². The maximum atomic E-state index is 11.5. The fraction of sp³-hybridized carbons (Fsp3) is 0.882. The van der Waals surface area contributed by atoms with E-state index in [0.717, 1.165) is 32.1 Å². The van der Waals surface area contributed by atoms with E-state index in [9.17, 15) is 9.59 Å². The van der Waals surface area contributed by atoms with Crippen LogP contribution in [0.3, 0.4) is 0 Å². The minimum absolute atomic E-state index is 0.118. The van der Waals surface area contributed by atoms with Crippen molar-refractivity contribution < 1.29 is 23.8 Å². The summed E-state index contributed by atoms with van der Waals surface area (Å²) in [4.78, 5) is 22.7. The quantitative estimate of drug-likeness (QED) is 0.367. The molecule has 0 aliphatic rings. The molecule has 6 nitrogen and oxygen atoms in total. The van der Waals surface area contributed by atoms with E-state index >= 15 is 0 Å². The molecular formula is C17H33NO5. The van der Waals surface area contributed by atoms with Crippen LogP contribution in [0.25, 0.3) is 0 Å². The zero-order chi connectivity index (χ0) is 17.2. The molecule has 1 N–H and O–H groups in total. The second kappa shape index (κ2) is 17.1. The zero-order valence-corrected chi connectivity index (χ0v) is 14.7. The van der Waals surface area contributed by atoms with Crippen LogP contribution in [-0.4, -0.2) is 45.5 Å². The van der Waals surface area contributed by atoms with E-state index in [1.165, 1.54) is 19.3 Å². The molecule has 0 radical (unpaired) electrons. The van der Waals surface area contributed by atoms with Crippen molar-refractivity contribution in [1.29, 1.82) is 0 Å². The number of esters is 1. The van der Waals surface area contributed by atoms with Gasteiger partial charge < -0.3 is 19.5 Å². The van der Waals surface area contributed by atoms with Crippen LogP contribution in [0.2, 0.25) is 0 Å². The number of amides is 1. The maximum Gasteiger partial charge on any atom is 0.407 e. The van der Waals surface area contributed by atoms with Crippen LogP contribution < -0.4 is 5.32 Å². The lowest BCUT2D eigenvalue weighted by Crippen LogP contribution is -2.26. The highest BCUT2D eigenvalue weighted by atomic mass is 16.6. The Morgan fingerprint density at radius 2 is 1.57 bits per heavy atom. The number of rotatable bonds is 15. The van der Waals surface area contributed by atoms with Gasteiger partial charge in [-0.2, -0.15) is 0 Å². The third kappa shape index (κ3) is 16.9. The molecule has 0 spiro atoms. The fourth-order valence-corrected chi connectivity index (χ4v) is 1.99. The standard InChI is InChI=1S/C17H33NO5/c1-3-4-5-6-10-13-22-16(19)11-8-7-9-12-18-17(20)23-15-14-21-2/h3-15H2,1-2H3,(H,18,20). The second-order valence-electron chi connectivity index (χ2n) is 5.50. The Morgan fingerprint density at radius 3 is 2.30 bits per heavy atom. The molecular weight excluding hydrogens is 298 g/mol. The van der Waals surface area contributed by atoms with E-state index in [2.05, 4.69) is 12.2 Å². The molecule has 23 heavy (non-hydrogen) atoms. The van der Waals surface area contributed by atoms with E-state index in [1.807, 2.05) is 0 Å². The molecule has 0 bridgehead atoms. The normalized spacial score (nSPS) is 10.3. The summed E-state index contributed by atoms with van der Waals surface area (Å²) in [6.07, 6.45) is 8.30. The largest absolute Gasteiger partial charge is 0.466 e. The van der Waals surface area contributed by atoms with Crippen molar-refractivity contribution in [2.75, 3.05) is 33.5 Å². The van der Waals surface area contributed by atoms with Gasteiger partial charge in [0.2, 0.25) is 0 Å². The van der Waals surface area contributed by atoms with E-state index in [0.29, 0.717) is 26.2 Å². The van der Waals surface area contributed by atoms with E-state index in [1.54, 1.807) is 7.11 Å². The molecule has 0 heterocycles. The Kier molecular flexibility index (Phi) is 16.1. The highest BCUT2D eigenvalue weighted by Crippen LogP contribution is 2.04. The Balaban J connectivity index is 3.27. The number of carbonyl (C=O) groups excluding carboxylic acids is 2. The summed E-state index contributed by atoms with van der Waals surface area (Å²) in [5.41, 5.74) is 0. The predicted octanol–water partition coefficient (Wildman–Crippen LogP) is 3.43. The summed E-state index contributed by atoms with van der Waals surface area (Å²) >= 11 is 0. The van der Waals surface area contributed by atoms with Crippen molar-refractivity contribution in [3.63, 3.8) is 0 Å². The Bertz CT molecular complexity index is 297. The number of carbonyl (C=O) groups is 2. The van der Waals surface area contributed by atoms with Crippen molar-refractivity contribution >= 4 is 12.1 Å². The molecule has 0 aromatic carbocycles. The molecule has 0 fully saturated rings. The number of ether oxygens (including phenoxy) is 3. The molecule has 0 unspecified atom stereocenters. The number of unbranched alkanes of at least 4 members (excludes halogenated alkanes) is 6. The minimum atomic E-state index is -0.426. The van der Waals surface area contributed by atoms with Crippen molar-refractivity contribution in [1.82, 2.24) is 5.32 Å². The summed E-state index contributed by atoms with van der Waals surface area (Å²) in [7, 11) is 1.55. The average Bonchev–Trinajstić information content (AvgIpc) is 2.54. The highest BCUT2D eigenvalue weighted by Gasteiger charge is 2.03. The topological polar surface area (TPSA) is 73.9 Å². The highest BCUT2D eigenvalue weighted by molar-refractivity contribution is 5.69. The lowest BCUT2D eigenvalue weighted by Gasteiger charge is -2.07. The third-order valence-corrected chi connectivity index (χ3v) is 3.36. The van der Waals surface area contributed by atoms with Crippen LogP contribution in [0.1, 0.15) is 64.7 Å². The first-order valence-electron chi connectivity index (χ1n) is 8.75. The average molecular weight is 331 g/mol. The smallest absolute Gasteiger partial charge is 0.407 e. The molecule has 6 heteroatoms. The van der Waals surface area contributed by atoms with Crippen molar-refractivity contribution in [3.8, 4) is 0 Å². The summed E-state index contributed by atoms with van der Waals surface area (Å²) < 4.78 is 14.8. The van der Waals surface area contributed by atoms with Gasteiger partial charge in [-0.15, -0.1) is 0 Å². The summed E-state index contributed by atoms with van der Waals surface area (Å²) in [6.45, 7) is 3.93. The lowest BCUT2D eigenvalue weighted by molar-refractivity contribution is -0.143. The number of alkyl carbamates (subject to hydrolysis) is 1. The summed E-state index contributed by atoms with van der Waals surface area (Å²) in [6, 6.07) is 0. The van der Waals surface area contributed by atoms with E-state index < -0.39 is 6.09 Å². The molecule has 0 saturated heterocycles. The van der Waals surface area contributed by atoms with Gasteiger partial charge in [0, 0.05) is 20.1 Å². The Hall–Kier alpha value is -1.30. The van der Waals surface area contributed by atoms with Crippen LogP contribution in [0.15, 0.2) is 0 Å². The molecule has 0 aromatic rings. The summed E-state index contributed by atoms with van der Waals surface area (Å²) in [5.74, 6) is -0.118. The van der Waals surface area contributed by atoms with Crippen molar-refractivity contribution in [3.05, 3.63) is 0 Å². The third-order valence-electron chi connectivity index (χ3n) is 3.36. The summed E-state index contributed by atoms with van der Waals surface area (Å²) in [5, 5.41) is 2.66. The SMILES string of the molecule is CCCCCCCOC(=O)CCCCCNC(=O)OCCOC. The van der Waals surface area contributed by atoms with Crippen LogP contribution >= 0.6 is 0 Å². The number of hydrogen-bond acceptors (Lipinski definition) is 5. The molecule has 0 atom stereocenters. The van der Waals surface area contributed by atoms with Gasteiger partial charge in [0.15, 0.2) is 0 Å². The van der Waals surface area contributed by atoms with Gasteiger partial charge in [-0.3, -0.25) is 4.79 Å². The van der Waals surface area contributed by atoms with Crippen molar-refractivity contribution in [2.24, 2.45) is 0 Å². The number of nitrogens with one attached hydrogen (secondary N) is 1. The minimum Gasteiger partial charge on any atom is -0.466 e. The lowest BCUT2D eigenvalue weighted by atomic mass is 10.2. The van der Waals surface area contributed by atoms with Gasteiger partial charge in [-0.05, 0) is 19.3 Å². The number of hydrogen-bond donors (Lipinski definition) is 1. The van der Waals surface area contributed by atoms with Crippen LogP contribution in [-0.2, 0) is 19.0 Å². The van der Waals surface area contributed by atoms with Gasteiger partial charge in [0.1, 0.15) is 6.61 Å². The molecule has 0 aliphatic heterocycles. The molecule has 1 amide bonds. The molecule has 0 rings (SSSR count). The first-order chi connectivity index (χ1) is 11.2. The van der Waals surface area contributed by atoms with Crippen molar-refractivity contribution in [2.45, 2.75) is 64.7 Å². The van der Waals surface area contributed by atoms with Crippen LogP contribution in [0, 0.1) is 0 Å². The molecule has 0 saturated carbocycles.